The summed E-state index contributed by atoms with van der Waals surface area (Å²) in [6.45, 7) is 2.44. The smallest absolute Gasteiger partial charge is 0.149 e. The maximum Gasteiger partial charge on any atom is 0.149 e. The Kier molecular flexibility index (Phi) is 4.44. The summed E-state index contributed by atoms with van der Waals surface area (Å²) in [5.41, 5.74) is 2.18. The number of hydrogen-bond acceptors (Lipinski definition) is 1. The molecule has 0 saturated carbocycles. The molecule has 90 valence electrons. The average Bonchev–Trinajstić information content (AvgIpc) is 2.37. The molecule has 0 heterocycles. The van der Waals surface area contributed by atoms with Gasteiger partial charge in [0.25, 0.3) is 0 Å². The van der Waals surface area contributed by atoms with Crippen molar-refractivity contribution in [1.29, 1.82) is 0 Å². The molecule has 0 N–H and O–H groups in total. The molecule has 0 aliphatic carbocycles. The van der Waals surface area contributed by atoms with Gasteiger partial charge in [0.1, 0.15) is 12.4 Å². The van der Waals surface area contributed by atoms with E-state index in [0.29, 0.717) is 6.61 Å². The molecule has 2 aromatic carbocycles. The topological polar surface area (TPSA) is 9.23 Å². The standard InChI is InChI=1S/C16H13BrO/c1-13-4-2-6-16(12-13)18-11-3-5-14-7-9-15(17)10-8-14/h2,4,6-10,12H,11H2,1H3. The lowest BCUT2D eigenvalue weighted by Crippen LogP contribution is -1.93. The maximum atomic E-state index is 5.55. The number of aryl methyl sites for hydroxylation is 1. The Bertz CT molecular complexity index is 576. The normalized spacial score (nSPS) is 9.44. The first-order valence-electron chi connectivity index (χ1n) is 5.68. The highest BCUT2D eigenvalue weighted by molar-refractivity contribution is 9.10. The molecule has 0 radical (unpaired) electrons. The first-order chi connectivity index (χ1) is 8.74. The maximum absolute atomic E-state index is 5.55. The first kappa shape index (κ1) is 12.7. The van der Waals surface area contributed by atoms with Gasteiger partial charge < -0.3 is 4.74 Å². The van der Waals surface area contributed by atoms with Crippen molar-refractivity contribution in [2.24, 2.45) is 0 Å². The third-order valence-corrected chi connectivity index (χ3v) is 2.91. The van der Waals surface area contributed by atoms with Crippen molar-refractivity contribution in [2.75, 3.05) is 6.61 Å². The van der Waals surface area contributed by atoms with Gasteiger partial charge in [0, 0.05) is 10.0 Å². The van der Waals surface area contributed by atoms with E-state index in [1.165, 1.54) is 5.56 Å². The van der Waals surface area contributed by atoms with Gasteiger partial charge in [0.15, 0.2) is 0 Å². The lowest BCUT2D eigenvalue weighted by molar-refractivity contribution is 0.370. The lowest BCUT2D eigenvalue weighted by Gasteiger charge is -2.01. The molecule has 0 amide bonds. The lowest BCUT2D eigenvalue weighted by atomic mass is 10.2. The van der Waals surface area contributed by atoms with Crippen LogP contribution in [0, 0.1) is 18.8 Å². The van der Waals surface area contributed by atoms with Crippen LogP contribution in [0.25, 0.3) is 0 Å². The van der Waals surface area contributed by atoms with Gasteiger partial charge in [-0.3, -0.25) is 0 Å². The minimum Gasteiger partial charge on any atom is -0.481 e. The molecule has 2 heteroatoms. The monoisotopic (exact) mass is 300 g/mol. The summed E-state index contributed by atoms with van der Waals surface area (Å²) in [4.78, 5) is 0. The zero-order valence-electron chi connectivity index (χ0n) is 10.1. The Balaban J connectivity index is 1.91. The molecule has 0 aliphatic rings. The van der Waals surface area contributed by atoms with Gasteiger partial charge in [-0.2, -0.15) is 0 Å². The number of halogens is 1. The predicted octanol–water partition coefficient (Wildman–Crippen LogP) is 4.19. The Morgan fingerprint density at radius 1 is 1.11 bits per heavy atom. The van der Waals surface area contributed by atoms with Crippen molar-refractivity contribution < 1.29 is 4.74 Å². The second-order valence-electron chi connectivity index (χ2n) is 3.91. The van der Waals surface area contributed by atoms with E-state index in [4.69, 9.17) is 4.74 Å². The summed E-state index contributed by atoms with van der Waals surface area (Å²) in [6, 6.07) is 15.9. The van der Waals surface area contributed by atoms with Gasteiger partial charge >= 0.3 is 0 Å². The molecule has 0 spiro atoms. The molecule has 1 nitrogen and oxygen atoms in total. The van der Waals surface area contributed by atoms with Crippen LogP contribution in [0.2, 0.25) is 0 Å². The van der Waals surface area contributed by atoms with Crippen LogP contribution in [0.4, 0.5) is 0 Å². The molecule has 2 rings (SSSR count). The molecule has 18 heavy (non-hydrogen) atoms. The molecule has 0 aliphatic heterocycles. The van der Waals surface area contributed by atoms with E-state index in [1.807, 2.05) is 55.5 Å². The van der Waals surface area contributed by atoms with Gasteiger partial charge in [-0.15, -0.1) is 0 Å². The number of hydrogen-bond donors (Lipinski definition) is 0. The number of ether oxygens (including phenoxy) is 1. The highest BCUT2D eigenvalue weighted by atomic mass is 79.9. The fourth-order valence-corrected chi connectivity index (χ4v) is 1.76. The van der Waals surface area contributed by atoms with Crippen molar-refractivity contribution in [1.82, 2.24) is 0 Å². The highest BCUT2D eigenvalue weighted by Crippen LogP contribution is 2.12. The van der Waals surface area contributed by atoms with Crippen LogP contribution in [-0.4, -0.2) is 6.61 Å². The fraction of sp³-hybridized carbons (Fsp3) is 0.125. The number of rotatable bonds is 2. The second kappa shape index (κ2) is 6.28. The summed E-state index contributed by atoms with van der Waals surface area (Å²) in [7, 11) is 0. The minimum absolute atomic E-state index is 0.402. The highest BCUT2D eigenvalue weighted by Gasteiger charge is 1.91. The summed E-state index contributed by atoms with van der Waals surface area (Å²) >= 11 is 3.39. The van der Waals surface area contributed by atoms with E-state index in [1.54, 1.807) is 0 Å². The third kappa shape index (κ3) is 3.94. The molecular formula is C16H13BrO. The van der Waals surface area contributed by atoms with E-state index >= 15 is 0 Å². The van der Waals surface area contributed by atoms with Crippen LogP contribution in [0.1, 0.15) is 11.1 Å². The molecule has 0 bridgehead atoms. The molecular weight excluding hydrogens is 288 g/mol. The SMILES string of the molecule is Cc1cccc(OCC#Cc2ccc(Br)cc2)c1. The minimum atomic E-state index is 0.402. The van der Waals surface area contributed by atoms with Crippen molar-refractivity contribution in [3.63, 3.8) is 0 Å². The molecule has 0 fully saturated rings. The molecule has 0 aromatic heterocycles. The van der Waals surface area contributed by atoms with Gasteiger partial charge in [0.05, 0.1) is 0 Å². The summed E-state index contributed by atoms with van der Waals surface area (Å²) in [5.74, 6) is 6.92. The van der Waals surface area contributed by atoms with Crippen LogP contribution in [0.15, 0.2) is 53.0 Å². The molecule has 0 unspecified atom stereocenters. The Hall–Kier alpha value is -1.72. The van der Waals surface area contributed by atoms with Gasteiger partial charge in [-0.25, -0.2) is 0 Å². The second-order valence-corrected chi connectivity index (χ2v) is 4.83. The first-order valence-corrected chi connectivity index (χ1v) is 6.47. The van der Waals surface area contributed by atoms with Crippen LogP contribution >= 0.6 is 15.9 Å². The van der Waals surface area contributed by atoms with Crippen molar-refractivity contribution in [3.8, 4) is 17.6 Å². The fourth-order valence-electron chi connectivity index (χ4n) is 1.50. The Morgan fingerprint density at radius 3 is 2.61 bits per heavy atom. The third-order valence-electron chi connectivity index (χ3n) is 2.38. The van der Waals surface area contributed by atoms with Crippen molar-refractivity contribution in [3.05, 3.63) is 64.1 Å². The summed E-state index contributed by atoms with van der Waals surface area (Å²) in [5, 5.41) is 0. The number of benzene rings is 2. The van der Waals surface area contributed by atoms with Gasteiger partial charge in [-0.05, 0) is 48.9 Å². The zero-order chi connectivity index (χ0) is 12.8. The van der Waals surface area contributed by atoms with Crippen molar-refractivity contribution >= 4 is 15.9 Å². The largest absolute Gasteiger partial charge is 0.481 e. The van der Waals surface area contributed by atoms with Crippen LogP contribution in [-0.2, 0) is 0 Å². The van der Waals surface area contributed by atoms with E-state index in [-0.39, 0.29) is 0 Å². The molecule has 2 aromatic rings. The van der Waals surface area contributed by atoms with Crippen LogP contribution in [0.3, 0.4) is 0 Å². The molecule has 0 atom stereocenters. The quantitative estimate of drug-likeness (QED) is 0.756. The summed E-state index contributed by atoms with van der Waals surface area (Å²) < 4.78 is 6.61. The van der Waals surface area contributed by atoms with E-state index in [9.17, 15) is 0 Å². The zero-order valence-corrected chi connectivity index (χ0v) is 11.7. The summed E-state index contributed by atoms with van der Waals surface area (Å²) in [6.07, 6.45) is 0. The van der Waals surface area contributed by atoms with E-state index < -0.39 is 0 Å². The van der Waals surface area contributed by atoms with E-state index in [0.717, 1.165) is 15.8 Å². The van der Waals surface area contributed by atoms with E-state index in [2.05, 4.69) is 27.8 Å². The predicted molar refractivity (Wildman–Crippen MR) is 77.7 cm³/mol. The van der Waals surface area contributed by atoms with Gasteiger partial charge in [-0.1, -0.05) is 39.9 Å². The van der Waals surface area contributed by atoms with Crippen LogP contribution < -0.4 is 4.74 Å². The average molecular weight is 301 g/mol. The van der Waals surface area contributed by atoms with Crippen molar-refractivity contribution in [2.45, 2.75) is 6.92 Å². The van der Waals surface area contributed by atoms with Crippen LogP contribution in [0.5, 0.6) is 5.75 Å². The van der Waals surface area contributed by atoms with Gasteiger partial charge in [0.2, 0.25) is 0 Å². The molecule has 0 saturated heterocycles. The Morgan fingerprint density at radius 2 is 1.89 bits per heavy atom. The Labute approximate surface area is 116 Å².